The van der Waals surface area contributed by atoms with Crippen LogP contribution >= 0.6 is 0 Å². The molecule has 0 saturated heterocycles. The van der Waals surface area contributed by atoms with Crippen LogP contribution in [0.25, 0.3) is 0 Å². The molecule has 0 bridgehead atoms. The Hall–Kier alpha value is -2.10. The molecule has 0 aliphatic rings. The number of carboxylic acid groups (broad SMARTS) is 1. The Balaban J connectivity index is 2.47. The van der Waals surface area contributed by atoms with Gasteiger partial charge in [-0.3, -0.25) is 5.10 Å². The maximum absolute atomic E-state index is 11.1. The van der Waals surface area contributed by atoms with Crippen molar-refractivity contribution < 1.29 is 9.90 Å². The summed E-state index contributed by atoms with van der Waals surface area (Å²) in [4.78, 5) is 11.1. The molecule has 2 rings (SSSR count). The fourth-order valence-electron chi connectivity index (χ4n) is 2.04. The first-order valence-corrected chi connectivity index (χ1v) is 5.44. The van der Waals surface area contributed by atoms with Gasteiger partial charge in [0.2, 0.25) is 0 Å². The Morgan fingerprint density at radius 3 is 2.59 bits per heavy atom. The van der Waals surface area contributed by atoms with Crippen molar-refractivity contribution in [2.45, 2.75) is 19.8 Å². The number of rotatable bonds is 3. The third kappa shape index (κ3) is 2.06. The fourth-order valence-corrected chi connectivity index (χ4v) is 2.04. The lowest BCUT2D eigenvalue weighted by Gasteiger charge is -2.12. The molecule has 0 radical (unpaired) electrons. The van der Waals surface area contributed by atoms with Crippen molar-refractivity contribution in [2.24, 2.45) is 0 Å². The van der Waals surface area contributed by atoms with E-state index in [1.165, 1.54) is 0 Å². The average molecular weight is 230 g/mol. The maximum atomic E-state index is 11.1. The van der Waals surface area contributed by atoms with Gasteiger partial charge < -0.3 is 5.11 Å². The van der Waals surface area contributed by atoms with Gasteiger partial charge >= 0.3 is 5.97 Å². The first-order chi connectivity index (χ1) is 8.11. The summed E-state index contributed by atoms with van der Waals surface area (Å²) < 4.78 is 0. The number of hydrogen-bond donors (Lipinski definition) is 2. The van der Waals surface area contributed by atoms with E-state index in [4.69, 9.17) is 5.11 Å². The molecule has 4 nitrogen and oxygen atoms in total. The van der Waals surface area contributed by atoms with E-state index in [9.17, 15) is 4.79 Å². The van der Waals surface area contributed by atoms with Crippen molar-refractivity contribution in [1.29, 1.82) is 0 Å². The molecule has 1 atom stereocenters. The molecular formula is C13H14N2O2. The quantitative estimate of drug-likeness (QED) is 0.851. The summed E-state index contributed by atoms with van der Waals surface area (Å²) >= 11 is 0. The molecule has 4 heteroatoms. The molecule has 1 aromatic carbocycles. The Kier molecular flexibility index (Phi) is 2.95. The molecular weight excluding hydrogens is 216 g/mol. The standard InChI is InChI=1S/C13H14N2O2/c1-8(10-6-4-3-5-7-10)11-9(2)14-15-12(11)13(16)17/h3-8H,1-2H3,(H,14,15)(H,16,17). The second kappa shape index (κ2) is 4.41. The lowest BCUT2D eigenvalue weighted by Crippen LogP contribution is -2.06. The lowest BCUT2D eigenvalue weighted by molar-refractivity contribution is 0.0689. The highest BCUT2D eigenvalue weighted by Gasteiger charge is 2.22. The van der Waals surface area contributed by atoms with Crippen LogP contribution in [-0.2, 0) is 0 Å². The molecule has 2 N–H and O–H groups in total. The predicted molar refractivity (Wildman–Crippen MR) is 64.2 cm³/mol. The van der Waals surface area contributed by atoms with Gasteiger partial charge in [-0.1, -0.05) is 37.3 Å². The predicted octanol–water partition coefficient (Wildman–Crippen LogP) is 2.57. The second-order valence-electron chi connectivity index (χ2n) is 4.05. The van der Waals surface area contributed by atoms with Crippen LogP contribution in [0.15, 0.2) is 30.3 Å². The number of aromatic amines is 1. The molecule has 1 aromatic heterocycles. The number of carboxylic acids is 1. The molecule has 17 heavy (non-hydrogen) atoms. The molecule has 0 aliphatic heterocycles. The zero-order valence-corrected chi connectivity index (χ0v) is 9.77. The van der Waals surface area contributed by atoms with Gasteiger partial charge in [0.15, 0.2) is 5.69 Å². The first kappa shape index (κ1) is 11.4. The van der Waals surface area contributed by atoms with Crippen LogP contribution in [0.1, 0.15) is 40.2 Å². The number of hydrogen-bond acceptors (Lipinski definition) is 2. The van der Waals surface area contributed by atoms with Crippen molar-refractivity contribution in [3.8, 4) is 0 Å². The van der Waals surface area contributed by atoms with Gasteiger partial charge in [0, 0.05) is 17.2 Å². The highest BCUT2D eigenvalue weighted by Crippen LogP contribution is 2.28. The molecule has 0 amide bonds. The van der Waals surface area contributed by atoms with Crippen molar-refractivity contribution in [2.75, 3.05) is 0 Å². The van der Waals surface area contributed by atoms with Crippen LogP contribution in [0.4, 0.5) is 0 Å². The second-order valence-corrected chi connectivity index (χ2v) is 4.05. The number of aryl methyl sites for hydroxylation is 1. The SMILES string of the molecule is Cc1[nH]nc(C(=O)O)c1C(C)c1ccccc1. The Morgan fingerprint density at radius 2 is 2.00 bits per heavy atom. The number of H-pyrrole nitrogens is 1. The minimum Gasteiger partial charge on any atom is -0.476 e. The van der Waals surface area contributed by atoms with Crippen LogP contribution in [0.3, 0.4) is 0 Å². The number of benzene rings is 1. The van der Waals surface area contributed by atoms with E-state index in [0.717, 1.165) is 16.8 Å². The normalized spacial score (nSPS) is 12.4. The first-order valence-electron chi connectivity index (χ1n) is 5.44. The smallest absolute Gasteiger partial charge is 0.356 e. The highest BCUT2D eigenvalue weighted by atomic mass is 16.4. The summed E-state index contributed by atoms with van der Waals surface area (Å²) in [5.41, 5.74) is 2.75. The van der Waals surface area contributed by atoms with Crippen LogP contribution in [0.5, 0.6) is 0 Å². The zero-order valence-electron chi connectivity index (χ0n) is 9.77. The van der Waals surface area contributed by atoms with E-state index < -0.39 is 5.97 Å². The third-order valence-corrected chi connectivity index (χ3v) is 2.93. The van der Waals surface area contributed by atoms with Crippen molar-refractivity contribution in [3.63, 3.8) is 0 Å². The number of aromatic carboxylic acids is 1. The molecule has 0 fully saturated rings. The lowest BCUT2D eigenvalue weighted by atomic mass is 9.91. The molecule has 88 valence electrons. The molecule has 0 saturated carbocycles. The van der Waals surface area contributed by atoms with Crippen LogP contribution < -0.4 is 0 Å². The minimum absolute atomic E-state index is 0.0149. The van der Waals surface area contributed by atoms with Gasteiger partial charge in [0.05, 0.1) is 0 Å². The molecule has 2 aromatic rings. The van der Waals surface area contributed by atoms with Crippen LogP contribution in [0, 0.1) is 6.92 Å². The Bertz CT molecular complexity index is 532. The molecule has 0 aliphatic carbocycles. The number of nitrogens with zero attached hydrogens (tertiary/aromatic N) is 1. The topological polar surface area (TPSA) is 66.0 Å². The number of carbonyl (C=O) groups is 1. The largest absolute Gasteiger partial charge is 0.476 e. The number of aromatic nitrogens is 2. The fraction of sp³-hybridized carbons (Fsp3) is 0.231. The van der Waals surface area contributed by atoms with E-state index in [2.05, 4.69) is 10.2 Å². The number of nitrogens with one attached hydrogen (secondary N) is 1. The van der Waals surface area contributed by atoms with Gasteiger partial charge in [-0.25, -0.2) is 4.79 Å². The van der Waals surface area contributed by atoms with Gasteiger partial charge in [0.1, 0.15) is 0 Å². The summed E-state index contributed by atoms with van der Waals surface area (Å²) in [6, 6.07) is 9.81. The molecule has 0 spiro atoms. The van der Waals surface area contributed by atoms with Gasteiger partial charge in [-0.15, -0.1) is 0 Å². The summed E-state index contributed by atoms with van der Waals surface area (Å²) in [6.07, 6.45) is 0. The van der Waals surface area contributed by atoms with Crippen LogP contribution in [-0.4, -0.2) is 21.3 Å². The average Bonchev–Trinajstić information content (AvgIpc) is 2.71. The van der Waals surface area contributed by atoms with Crippen molar-refractivity contribution >= 4 is 5.97 Å². The zero-order chi connectivity index (χ0) is 12.4. The van der Waals surface area contributed by atoms with E-state index in [0.29, 0.717) is 0 Å². The Labute approximate surface area is 99.3 Å². The third-order valence-electron chi connectivity index (χ3n) is 2.93. The highest BCUT2D eigenvalue weighted by molar-refractivity contribution is 5.87. The molecule has 1 unspecified atom stereocenters. The van der Waals surface area contributed by atoms with E-state index in [1.807, 2.05) is 44.2 Å². The van der Waals surface area contributed by atoms with Gasteiger partial charge in [0.25, 0.3) is 0 Å². The Morgan fingerprint density at radius 1 is 1.35 bits per heavy atom. The maximum Gasteiger partial charge on any atom is 0.356 e. The summed E-state index contributed by atoms with van der Waals surface area (Å²) in [5, 5.41) is 15.7. The van der Waals surface area contributed by atoms with E-state index >= 15 is 0 Å². The monoisotopic (exact) mass is 230 g/mol. The molecule has 1 heterocycles. The van der Waals surface area contributed by atoms with Crippen molar-refractivity contribution in [3.05, 3.63) is 52.8 Å². The van der Waals surface area contributed by atoms with Gasteiger partial charge in [-0.2, -0.15) is 5.10 Å². The van der Waals surface area contributed by atoms with Crippen LogP contribution in [0.2, 0.25) is 0 Å². The van der Waals surface area contributed by atoms with E-state index in [1.54, 1.807) is 0 Å². The van der Waals surface area contributed by atoms with Crippen molar-refractivity contribution in [1.82, 2.24) is 10.2 Å². The van der Waals surface area contributed by atoms with E-state index in [-0.39, 0.29) is 11.6 Å². The minimum atomic E-state index is -0.993. The summed E-state index contributed by atoms with van der Waals surface area (Å²) in [7, 11) is 0. The summed E-state index contributed by atoms with van der Waals surface area (Å²) in [6.45, 7) is 3.83. The van der Waals surface area contributed by atoms with Gasteiger partial charge in [-0.05, 0) is 12.5 Å². The summed E-state index contributed by atoms with van der Waals surface area (Å²) in [5.74, 6) is -0.979.